The zero-order valence-corrected chi connectivity index (χ0v) is 16.9. The summed E-state index contributed by atoms with van der Waals surface area (Å²) >= 11 is 5.94. The van der Waals surface area contributed by atoms with E-state index in [1.54, 1.807) is 0 Å². The molecule has 1 aromatic carbocycles. The SMILES string of the molecule is CC(NCCC1(O)CCC2(CC1)OCC(C)(C)CO2)c1ccc(Cl)cc1. The standard InChI is InChI=1S/C21H32ClNO3/c1-16(17-4-6-18(22)7-5-17)23-13-12-20(24)8-10-21(11-9-20)25-14-19(2,3)15-26-21/h4-7,16,23-24H,8-15H2,1-3H3. The van der Waals surface area contributed by atoms with Crippen molar-refractivity contribution in [2.24, 2.45) is 5.41 Å². The third-order valence-corrected chi connectivity index (χ3v) is 6.06. The maximum Gasteiger partial charge on any atom is 0.168 e. The number of ether oxygens (including phenoxy) is 2. The molecule has 26 heavy (non-hydrogen) atoms. The van der Waals surface area contributed by atoms with Crippen LogP contribution in [0.3, 0.4) is 0 Å². The maximum atomic E-state index is 10.9. The summed E-state index contributed by atoms with van der Waals surface area (Å²) in [5, 5.41) is 15.2. The van der Waals surface area contributed by atoms with E-state index in [1.807, 2.05) is 24.3 Å². The van der Waals surface area contributed by atoms with Gasteiger partial charge in [0.1, 0.15) is 0 Å². The van der Waals surface area contributed by atoms with Gasteiger partial charge in [-0.3, -0.25) is 0 Å². The van der Waals surface area contributed by atoms with Crippen molar-refractivity contribution < 1.29 is 14.6 Å². The Labute approximate surface area is 162 Å². The van der Waals surface area contributed by atoms with Crippen molar-refractivity contribution in [3.8, 4) is 0 Å². The van der Waals surface area contributed by atoms with Crippen LogP contribution in [0.25, 0.3) is 0 Å². The summed E-state index contributed by atoms with van der Waals surface area (Å²) in [4.78, 5) is 0. The van der Waals surface area contributed by atoms with Gasteiger partial charge in [-0.05, 0) is 50.4 Å². The zero-order valence-electron chi connectivity index (χ0n) is 16.2. The molecule has 146 valence electrons. The molecule has 1 spiro atoms. The molecule has 0 bridgehead atoms. The summed E-state index contributed by atoms with van der Waals surface area (Å²) in [5.41, 5.74) is 0.661. The smallest absolute Gasteiger partial charge is 0.168 e. The van der Waals surface area contributed by atoms with Gasteiger partial charge in [-0.2, -0.15) is 0 Å². The van der Waals surface area contributed by atoms with E-state index in [-0.39, 0.29) is 11.5 Å². The monoisotopic (exact) mass is 381 g/mol. The van der Waals surface area contributed by atoms with E-state index < -0.39 is 11.4 Å². The molecule has 5 heteroatoms. The van der Waals surface area contributed by atoms with Crippen molar-refractivity contribution in [1.82, 2.24) is 5.32 Å². The van der Waals surface area contributed by atoms with Gasteiger partial charge in [-0.15, -0.1) is 0 Å². The van der Waals surface area contributed by atoms with Crippen LogP contribution in [0.15, 0.2) is 24.3 Å². The lowest BCUT2D eigenvalue weighted by molar-refractivity contribution is -0.319. The van der Waals surface area contributed by atoms with Crippen molar-refractivity contribution in [3.05, 3.63) is 34.9 Å². The summed E-state index contributed by atoms with van der Waals surface area (Å²) in [6, 6.07) is 8.14. The number of rotatable bonds is 5. The van der Waals surface area contributed by atoms with E-state index in [0.717, 1.165) is 56.9 Å². The Morgan fingerprint density at radius 3 is 2.23 bits per heavy atom. The molecule has 2 N–H and O–H groups in total. The molecule has 1 unspecified atom stereocenters. The average molecular weight is 382 g/mol. The van der Waals surface area contributed by atoms with Crippen LogP contribution < -0.4 is 5.32 Å². The zero-order chi connectivity index (χ0) is 18.8. The fourth-order valence-electron chi connectivity index (χ4n) is 3.76. The molecule has 2 fully saturated rings. The minimum atomic E-state index is -0.627. The molecular weight excluding hydrogens is 350 g/mol. The van der Waals surface area contributed by atoms with E-state index >= 15 is 0 Å². The molecule has 4 nitrogen and oxygen atoms in total. The lowest BCUT2D eigenvalue weighted by atomic mass is 9.78. The minimum Gasteiger partial charge on any atom is -0.390 e. The van der Waals surface area contributed by atoms with Gasteiger partial charge in [0.25, 0.3) is 0 Å². The van der Waals surface area contributed by atoms with E-state index in [2.05, 4.69) is 26.1 Å². The molecule has 1 atom stereocenters. The van der Waals surface area contributed by atoms with Crippen LogP contribution in [-0.4, -0.2) is 36.3 Å². The van der Waals surface area contributed by atoms with Crippen molar-refractivity contribution in [2.45, 2.75) is 70.3 Å². The lowest BCUT2D eigenvalue weighted by Gasteiger charge is -2.48. The van der Waals surface area contributed by atoms with Gasteiger partial charge in [0, 0.05) is 29.3 Å². The highest BCUT2D eigenvalue weighted by atomic mass is 35.5. The summed E-state index contributed by atoms with van der Waals surface area (Å²) in [7, 11) is 0. The average Bonchev–Trinajstić information content (AvgIpc) is 2.61. The van der Waals surface area contributed by atoms with Crippen LogP contribution in [0.4, 0.5) is 0 Å². The van der Waals surface area contributed by atoms with Crippen LogP contribution in [0.5, 0.6) is 0 Å². The van der Waals surface area contributed by atoms with Crippen LogP contribution in [0.1, 0.15) is 64.5 Å². The van der Waals surface area contributed by atoms with Crippen LogP contribution in [0.2, 0.25) is 5.02 Å². The molecule has 3 rings (SSSR count). The molecule has 1 saturated carbocycles. The van der Waals surface area contributed by atoms with Gasteiger partial charge < -0.3 is 19.9 Å². The van der Waals surface area contributed by atoms with Gasteiger partial charge in [0.15, 0.2) is 5.79 Å². The second kappa shape index (κ2) is 7.76. The third kappa shape index (κ3) is 4.99. The molecule has 1 heterocycles. The molecule has 1 aromatic rings. The molecule has 1 saturated heterocycles. The van der Waals surface area contributed by atoms with Crippen molar-refractivity contribution in [1.29, 1.82) is 0 Å². The number of hydrogen-bond donors (Lipinski definition) is 2. The van der Waals surface area contributed by atoms with Gasteiger partial charge in [-0.25, -0.2) is 0 Å². The highest BCUT2D eigenvalue weighted by Crippen LogP contribution is 2.43. The van der Waals surface area contributed by atoms with E-state index in [4.69, 9.17) is 21.1 Å². The number of halogens is 1. The van der Waals surface area contributed by atoms with Crippen molar-refractivity contribution >= 4 is 11.6 Å². The molecule has 1 aliphatic heterocycles. The second-order valence-corrected chi connectivity index (χ2v) is 9.29. The summed E-state index contributed by atoms with van der Waals surface area (Å²) < 4.78 is 12.1. The summed E-state index contributed by atoms with van der Waals surface area (Å²) in [6.07, 6.45) is 3.74. The normalized spacial score (nSPS) is 25.1. The highest BCUT2D eigenvalue weighted by molar-refractivity contribution is 6.30. The Bertz CT molecular complexity index is 582. The predicted octanol–water partition coefficient (Wildman–Crippen LogP) is 4.46. The minimum absolute atomic E-state index is 0.0841. The first-order valence-electron chi connectivity index (χ1n) is 9.70. The molecule has 0 aromatic heterocycles. The fourth-order valence-corrected chi connectivity index (χ4v) is 3.89. The van der Waals surface area contributed by atoms with E-state index in [1.165, 1.54) is 5.56 Å². The molecule has 0 amide bonds. The number of aliphatic hydroxyl groups is 1. The lowest BCUT2D eigenvalue weighted by Crippen LogP contribution is -2.52. The van der Waals surface area contributed by atoms with Crippen LogP contribution >= 0.6 is 11.6 Å². The highest BCUT2D eigenvalue weighted by Gasteiger charge is 2.46. The van der Waals surface area contributed by atoms with Crippen LogP contribution in [-0.2, 0) is 9.47 Å². The first-order valence-corrected chi connectivity index (χ1v) is 10.1. The maximum absolute atomic E-state index is 10.9. The Morgan fingerprint density at radius 2 is 1.65 bits per heavy atom. The van der Waals surface area contributed by atoms with Gasteiger partial charge in [0.2, 0.25) is 0 Å². The Hall–Kier alpha value is -0.650. The molecule has 0 radical (unpaired) electrons. The van der Waals surface area contributed by atoms with Crippen molar-refractivity contribution in [3.63, 3.8) is 0 Å². The van der Waals surface area contributed by atoms with Crippen LogP contribution in [0, 0.1) is 5.41 Å². The van der Waals surface area contributed by atoms with Gasteiger partial charge in [-0.1, -0.05) is 37.6 Å². The molecule has 2 aliphatic rings. The van der Waals surface area contributed by atoms with Gasteiger partial charge in [0.05, 0.1) is 18.8 Å². The van der Waals surface area contributed by atoms with Crippen molar-refractivity contribution in [2.75, 3.05) is 19.8 Å². The quantitative estimate of drug-likeness (QED) is 0.790. The first kappa shape index (κ1) is 20.1. The van der Waals surface area contributed by atoms with Gasteiger partial charge >= 0.3 is 0 Å². The number of hydrogen-bond acceptors (Lipinski definition) is 4. The topological polar surface area (TPSA) is 50.7 Å². The summed E-state index contributed by atoms with van der Waals surface area (Å²) in [6.45, 7) is 8.69. The second-order valence-electron chi connectivity index (χ2n) is 8.85. The number of benzene rings is 1. The van der Waals surface area contributed by atoms with E-state index in [9.17, 15) is 5.11 Å². The largest absolute Gasteiger partial charge is 0.390 e. The fraction of sp³-hybridized carbons (Fsp3) is 0.714. The molecule has 1 aliphatic carbocycles. The Morgan fingerprint density at radius 1 is 1.08 bits per heavy atom. The first-order chi connectivity index (χ1) is 12.2. The predicted molar refractivity (Wildman–Crippen MR) is 104 cm³/mol. The Kier molecular flexibility index (Phi) is 6.00. The third-order valence-electron chi connectivity index (χ3n) is 5.81. The Balaban J connectivity index is 1.44. The number of nitrogens with one attached hydrogen (secondary N) is 1. The summed E-state index contributed by atoms with van der Waals surface area (Å²) in [5.74, 6) is -0.466. The molecular formula is C21H32ClNO3. The van der Waals surface area contributed by atoms with E-state index in [0.29, 0.717) is 0 Å².